The molecule has 0 bridgehead atoms. The molecule has 0 fully saturated rings. The fourth-order valence-corrected chi connectivity index (χ4v) is 3.29. The number of carbonyl (C=O) groups is 1. The van der Waals surface area contributed by atoms with E-state index in [0.717, 1.165) is 22.4 Å². The molecule has 0 radical (unpaired) electrons. The summed E-state index contributed by atoms with van der Waals surface area (Å²) >= 11 is 0. The van der Waals surface area contributed by atoms with E-state index < -0.39 is 5.91 Å². The number of hydrogen-bond acceptors (Lipinski definition) is 3. The summed E-state index contributed by atoms with van der Waals surface area (Å²) in [6.45, 7) is 4.21. The van der Waals surface area contributed by atoms with Gasteiger partial charge in [-0.2, -0.15) is 5.26 Å². The number of rotatable bonds is 7. The number of nitrogens with one attached hydrogen (secondary N) is 2. The van der Waals surface area contributed by atoms with Gasteiger partial charge in [-0.05, 0) is 28.7 Å². The van der Waals surface area contributed by atoms with Crippen molar-refractivity contribution in [1.82, 2.24) is 5.32 Å². The van der Waals surface area contributed by atoms with E-state index in [1.54, 1.807) is 0 Å². The van der Waals surface area contributed by atoms with Gasteiger partial charge in [0.05, 0.1) is 6.04 Å². The number of anilines is 1. The number of nitrogens with zero attached hydrogens (tertiary/aromatic N) is 1. The van der Waals surface area contributed by atoms with E-state index in [9.17, 15) is 10.1 Å². The summed E-state index contributed by atoms with van der Waals surface area (Å²) in [5.41, 5.74) is 3.93. The van der Waals surface area contributed by atoms with Gasteiger partial charge in [-0.3, -0.25) is 4.79 Å². The van der Waals surface area contributed by atoms with Crippen molar-refractivity contribution >= 4 is 11.6 Å². The van der Waals surface area contributed by atoms with Crippen LogP contribution in [0.3, 0.4) is 0 Å². The Balaban J connectivity index is 1.84. The maximum atomic E-state index is 12.9. The minimum atomic E-state index is -0.426. The highest BCUT2D eigenvalue weighted by molar-refractivity contribution is 5.98. The zero-order chi connectivity index (χ0) is 21.3. The van der Waals surface area contributed by atoms with E-state index in [1.807, 2.05) is 91.0 Å². The van der Waals surface area contributed by atoms with Gasteiger partial charge in [-0.15, -0.1) is 0 Å². The lowest BCUT2D eigenvalue weighted by Crippen LogP contribution is -2.30. The quantitative estimate of drug-likeness (QED) is 0.408. The van der Waals surface area contributed by atoms with Crippen LogP contribution < -0.4 is 10.6 Å². The fourth-order valence-electron chi connectivity index (χ4n) is 3.29. The highest BCUT2D eigenvalue weighted by Gasteiger charge is 2.19. The van der Waals surface area contributed by atoms with Crippen LogP contribution in [0.15, 0.2) is 96.7 Å². The molecule has 1 amide bonds. The summed E-state index contributed by atoms with van der Waals surface area (Å²) in [6, 6.07) is 29.0. The Kier molecular flexibility index (Phi) is 7.02. The number of amides is 1. The molecular formula is C26H25N3O. The largest absolute Gasteiger partial charge is 0.360 e. The molecule has 0 unspecified atom stereocenters. The average molecular weight is 396 g/mol. The van der Waals surface area contributed by atoms with Crippen molar-refractivity contribution in [3.63, 3.8) is 0 Å². The molecule has 0 atom stereocenters. The highest BCUT2D eigenvalue weighted by atomic mass is 16.1. The van der Waals surface area contributed by atoms with Gasteiger partial charge in [-0.1, -0.05) is 92.7 Å². The molecule has 3 rings (SSSR count). The van der Waals surface area contributed by atoms with Crippen molar-refractivity contribution in [1.29, 1.82) is 5.26 Å². The first-order valence-corrected chi connectivity index (χ1v) is 9.96. The first kappa shape index (κ1) is 20.9. The van der Waals surface area contributed by atoms with Crippen LogP contribution in [0.25, 0.3) is 0 Å². The second-order valence-corrected chi connectivity index (χ2v) is 7.28. The van der Waals surface area contributed by atoms with Gasteiger partial charge >= 0.3 is 0 Å². The zero-order valence-corrected chi connectivity index (χ0v) is 17.2. The van der Waals surface area contributed by atoms with Crippen molar-refractivity contribution in [2.75, 3.05) is 5.32 Å². The van der Waals surface area contributed by atoms with Crippen LogP contribution in [0, 0.1) is 11.3 Å². The lowest BCUT2D eigenvalue weighted by atomic mass is 9.98. The summed E-state index contributed by atoms with van der Waals surface area (Å²) in [6.07, 6.45) is 1.48. The monoisotopic (exact) mass is 395 g/mol. The number of benzene rings is 3. The van der Waals surface area contributed by atoms with Crippen molar-refractivity contribution in [2.45, 2.75) is 25.8 Å². The van der Waals surface area contributed by atoms with E-state index in [4.69, 9.17) is 0 Å². The predicted molar refractivity (Wildman–Crippen MR) is 121 cm³/mol. The minimum absolute atomic E-state index is 0.0189. The van der Waals surface area contributed by atoms with Crippen LogP contribution in [0.2, 0.25) is 0 Å². The Labute approximate surface area is 177 Å². The van der Waals surface area contributed by atoms with E-state index in [0.29, 0.717) is 5.92 Å². The third-order valence-electron chi connectivity index (χ3n) is 4.86. The molecule has 0 heterocycles. The molecule has 0 spiro atoms. The molecule has 4 heteroatoms. The number of para-hydroxylation sites is 1. The molecule has 4 nitrogen and oxygen atoms in total. The Morgan fingerprint density at radius 2 is 1.40 bits per heavy atom. The normalized spacial score (nSPS) is 11.2. The first-order valence-electron chi connectivity index (χ1n) is 9.96. The highest BCUT2D eigenvalue weighted by Crippen LogP contribution is 2.24. The Bertz CT molecular complexity index is 1010. The smallest absolute Gasteiger partial charge is 0.264 e. The molecule has 3 aromatic carbocycles. The topological polar surface area (TPSA) is 64.9 Å². The number of nitriles is 1. The number of hydrogen-bond donors (Lipinski definition) is 2. The maximum absolute atomic E-state index is 12.9. The Morgan fingerprint density at radius 1 is 0.867 bits per heavy atom. The Morgan fingerprint density at radius 3 is 1.93 bits per heavy atom. The predicted octanol–water partition coefficient (Wildman–Crippen LogP) is 5.54. The van der Waals surface area contributed by atoms with Crippen molar-refractivity contribution in [2.24, 2.45) is 0 Å². The lowest BCUT2D eigenvalue weighted by Gasteiger charge is -2.20. The SMILES string of the molecule is CC(C)c1ccccc1N/C=C(/C#N)C(=O)NC(c1ccccc1)c1ccccc1. The first-order chi connectivity index (χ1) is 14.6. The van der Waals surface area contributed by atoms with Crippen LogP contribution in [0.1, 0.15) is 42.5 Å². The van der Waals surface area contributed by atoms with E-state index in [1.165, 1.54) is 6.20 Å². The van der Waals surface area contributed by atoms with Crippen molar-refractivity contribution < 1.29 is 4.79 Å². The lowest BCUT2D eigenvalue weighted by molar-refractivity contribution is -0.117. The molecule has 0 saturated heterocycles. The molecule has 3 aromatic rings. The minimum Gasteiger partial charge on any atom is -0.360 e. The summed E-state index contributed by atoms with van der Waals surface area (Å²) in [5, 5.41) is 15.7. The molecule has 0 aliphatic carbocycles. The molecule has 0 aliphatic rings. The van der Waals surface area contributed by atoms with Gasteiger partial charge < -0.3 is 10.6 Å². The van der Waals surface area contributed by atoms with Gasteiger partial charge in [0.1, 0.15) is 11.6 Å². The van der Waals surface area contributed by atoms with E-state index >= 15 is 0 Å². The van der Waals surface area contributed by atoms with Crippen LogP contribution >= 0.6 is 0 Å². The van der Waals surface area contributed by atoms with Crippen LogP contribution in [0.5, 0.6) is 0 Å². The standard InChI is InChI=1S/C26H25N3O/c1-19(2)23-15-9-10-16-24(23)28-18-22(17-27)26(30)29-25(20-11-5-3-6-12-20)21-13-7-4-8-14-21/h3-16,18-19,25,28H,1-2H3,(H,29,30)/b22-18-. The van der Waals surface area contributed by atoms with Gasteiger partial charge in [0.15, 0.2) is 0 Å². The molecule has 0 aromatic heterocycles. The van der Waals surface area contributed by atoms with Gasteiger partial charge in [0.2, 0.25) is 0 Å². The summed E-state index contributed by atoms with van der Waals surface area (Å²) in [7, 11) is 0. The molecule has 0 saturated carbocycles. The molecule has 150 valence electrons. The molecular weight excluding hydrogens is 370 g/mol. The maximum Gasteiger partial charge on any atom is 0.264 e. The van der Waals surface area contributed by atoms with Gasteiger partial charge in [0.25, 0.3) is 5.91 Å². The summed E-state index contributed by atoms with van der Waals surface area (Å²) in [5.74, 6) is -0.105. The van der Waals surface area contributed by atoms with Crippen LogP contribution in [-0.4, -0.2) is 5.91 Å². The van der Waals surface area contributed by atoms with Crippen molar-refractivity contribution in [3.8, 4) is 6.07 Å². The average Bonchev–Trinajstić information content (AvgIpc) is 2.79. The van der Waals surface area contributed by atoms with E-state index in [-0.39, 0.29) is 11.6 Å². The van der Waals surface area contributed by atoms with Crippen LogP contribution in [0.4, 0.5) is 5.69 Å². The number of carbonyl (C=O) groups excluding carboxylic acids is 1. The molecule has 2 N–H and O–H groups in total. The van der Waals surface area contributed by atoms with Gasteiger partial charge in [-0.25, -0.2) is 0 Å². The second kappa shape index (κ2) is 10.1. The zero-order valence-electron chi connectivity index (χ0n) is 17.2. The van der Waals surface area contributed by atoms with Crippen molar-refractivity contribution in [3.05, 3.63) is 113 Å². The Hall–Kier alpha value is -3.84. The summed E-state index contributed by atoms with van der Waals surface area (Å²) < 4.78 is 0. The third-order valence-corrected chi connectivity index (χ3v) is 4.86. The van der Waals surface area contributed by atoms with Crippen LogP contribution in [-0.2, 0) is 4.79 Å². The molecule has 30 heavy (non-hydrogen) atoms. The second-order valence-electron chi connectivity index (χ2n) is 7.28. The molecule has 0 aliphatic heterocycles. The van der Waals surface area contributed by atoms with E-state index in [2.05, 4.69) is 24.5 Å². The van der Waals surface area contributed by atoms with Gasteiger partial charge in [0, 0.05) is 11.9 Å². The summed E-state index contributed by atoms with van der Waals surface area (Å²) in [4.78, 5) is 12.9. The third kappa shape index (κ3) is 5.15. The fraction of sp³-hybridized carbons (Fsp3) is 0.154.